The van der Waals surface area contributed by atoms with Crippen molar-refractivity contribution in [1.29, 1.82) is 0 Å². The minimum absolute atomic E-state index is 0.160. The summed E-state index contributed by atoms with van der Waals surface area (Å²) in [5.74, 6) is 0.761. The topological polar surface area (TPSA) is 46.5 Å². The molecule has 0 saturated heterocycles. The zero-order chi connectivity index (χ0) is 22.8. The number of amides is 2. The minimum atomic E-state index is -0.341. The molecule has 5 nitrogen and oxygen atoms in total. The lowest BCUT2D eigenvalue weighted by Crippen LogP contribution is -2.41. The molecule has 0 saturated carbocycles. The zero-order valence-electron chi connectivity index (χ0n) is 18.2. The van der Waals surface area contributed by atoms with Crippen LogP contribution in [0, 0.1) is 0 Å². The summed E-state index contributed by atoms with van der Waals surface area (Å²) in [6.45, 7) is 0.849. The number of nitrogens with zero attached hydrogens (tertiary/aromatic N) is 2. The second kappa shape index (κ2) is 9.04. The number of benzene rings is 3. The maximum Gasteiger partial charge on any atom is 0.318 e. The first-order valence-corrected chi connectivity index (χ1v) is 11.2. The van der Waals surface area contributed by atoms with E-state index < -0.39 is 0 Å². The molecule has 2 amide bonds. The average molecular weight is 458 g/mol. The highest BCUT2D eigenvalue weighted by molar-refractivity contribution is 6.31. The van der Waals surface area contributed by atoms with Crippen molar-refractivity contribution in [3.63, 3.8) is 0 Å². The second-order valence-electron chi connectivity index (χ2n) is 7.99. The van der Waals surface area contributed by atoms with Crippen molar-refractivity contribution in [1.82, 2.24) is 14.8 Å². The average Bonchev–Trinajstić information content (AvgIpc) is 3.28. The molecule has 1 aliphatic heterocycles. The third-order valence-electron chi connectivity index (χ3n) is 6.00. The Balaban J connectivity index is 1.55. The summed E-state index contributed by atoms with van der Waals surface area (Å²) in [7, 11) is 1.63. The maximum atomic E-state index is 13.6. The van der Waals surface area contributed by atoms with Gasteiger partial charge in [-0.2, -0.15) is 0 Å². The van der Waals surface area contributed by atoms with Crippen LogP contribution in [0.2, 0.25) is 5.02 Å². The van der Waals surface area contributed by atoms with Gasteiger partial charge in [0.25, 0.3) is 0 Å². The Morgan fingerprint density at radius 1 is 1.03 bits per heavy atom. The molecule has 6 heteroatoms. The van der Waals surface area contributed by atoms with E-state index in [1.54, 1.807) is 7.11 Å². The van der Waals surface area contributed by atoms with E-state index >= 15 is 0 Å². The van der Waals surface area contributed by atoms with Crippen LogP contribution in [0.4, 0.5) is 4.79 Å². The maximum absolute atomic E-state index is 13.6. The van der Waals surface area contributed by atoms with Crippen LogP contribution in [0.5, 0.6) is 5.75 Å². The molecule has 33 heavy (non-hydrogen) atoms. The molecule has 166 valence electrons. The van der Waals surface area contributed by atoms with Crippen LogP contribution in [0.3, 0.4) is 0 Å². The van der Waals surface area contributed by atoms with Crippen molar-refractivity contribution >= 4 is 17.6 Å². The van der Waals surface area contributed by atoms with Crippen LogP contribution in [-0.4, -0.2) is 22.6 Å². The van der Waals surface area contributed by atoms with Crippen molar-refractivity contribution in [2.45, 2.75) is 19.1 Å². The zero-order valence-corrected chi connectivity index (χ0v) is 19.0. The molecule has 1 aromatic heterocycles. The smallest absolute Gasteiger partial charge is 0.318 e. The van der Waals surface area contributed by atoms with E-state index in [9.17, 15) is 4.79 Å². The summed E-state index contributed by atoms with van der Waals surface area (Å²) in [5, 5.41) is 3.73. The van der Waals surface area contributed by atoms with Crippen LogP contribution in [0.25, 0.3) is 5.69 Å². The first kappa shape index (κ1) is 21.2. The molecule has 0 spiro atoms. The Morgan fingerprint density at radius 3 is 2.70 bits per heavy atom. The van der Waals surface area contributed by atoms with Crippen molar-refractivity contribution < 1.29 is 9.53 Å². The van der Waals surface area contributed by atoms with E-state index in [2.05, 4.69) is 28.1 Å². The number of hydrogen-bond donors (Lipinski definition) is 1. The number of para-hydroxylation sites is 1. The summed E-state index contributed by atoms with van der Waals surface area (Å²) >= 11 is 6.65. The molecule has 1 aliphatic rings. The Hall–Kier alpha value is -3.70. The lowest BCUT2D eigenvalue weighted by molar-refractivity contribution is 0.180. The van der Waals surface area contributed by atoms with E-state index in [0.717, 1.165) is 33.8 Å². The van der Waals surface area contributed by atoms with Crippen molar-refractivity contribution in [3.8, 4) is 11.4 Å². The lowest BCUT2D eigenvalue weighted by atomic mass is 10.0. The van der Waals surface area contributed by atoms with Crippen LogP contribution >= 0.6 is 11.6 Å². The number of aromatic nitrogens is 1. The molecule has 0 unspecified atom stereocenters. The van der Waals surface area contributed by atoms with Gasteiger partial charge >= 0.3 is 6.03 Å². The molecule has 5 rings (SSSR count). The summed E-state index contributed by atoms with van der Waals surface area (Å²) in [5.41, 5.74) is 4.99. The monoisotopic (exact) mass is 457 g/mol. The van der Waals surface area contributed by atoms with Crippen LogP contribution in [-0.2, 0) is 13.1 Å². The summed E-state index contributed by atoms with van der Waals surface area (Å²) in [6.07, 6.45) is 2.04. The fourth-order valence-corrected chi connectivity index (χ4v) is 4.66. The van der Waals surface area contributed by atoms with Gasteiger partial charge in [0, 0.05) is 17.8 Å². The van der Waals surface area contributed by atoms with E-state index in [4.69, 9.17) is 16.3 Å². The van der Waals surface area contributed by atoms with Gasteiger partial charge in [-0.15, -0.1) is 0 Å². The summed E-state index contributed by atoms with van der Waals surface area (Å²) in [6, 6.07) is 27.2. The number of methoxy groups -OCH3 is 1. The Labute approximate surface area is 198 Å². The van der Waals surface area contributed by atoms with Gasteiger partial charge in [-0.3, -0.25) is 0 Å². The highest BCUT2D eigenvalue weighted by atomic mass is 35.5. The van der Waals surface area contributed by atoms with Gasteiger partial charge in [0.15, 0.2) is 0 Å². The molecular formula is C27H24ClN3O2. The Bertz CT molecular complexity index is 1300. The highest BCUT2D eigenvalue weighted by Crippen LogP contribution is 2.39. The van der Waals surface area contributed by atoms with E-state index in [1.165, 1.54) is 0 Å². The van der Waals surface area contributed by atoms with Gasteiger partial charge in [-0.1, -0.05) is 60.1 Å². The molecule has 1 N–H and O–H groups in total. The van der Waals surface area contributed by atoms with Crippen molar-refractivity contribution in [3.05, 3.63) is 119 Å². The van der Waals surface area contributed by atoms with Gasteiger partial charge in [-0.25, -0.2) is 4.79 Å². The van der Waals surface area contributed by atoms with Crippen molar-refractivity contribution in [2.75, 3.05) is 7.11 Å². The van der Waals surface area contributed by atoms with Crippen LogP contribution in [0.1, 0.15) is 28.4 Å². The number of carbonyl (C=O) groups excluding carboxylic acids is 1. The van der Waals surface area contributed by atoms with Gasteiger partial charge in [0.1, 0.15) is 11.8 Å². The predicted molar refractivity (Wildman–Crippen MR) is 130 cm³/mol. The molecule has 0 aliphatic carbocycles. The first-order chi connectivity index (χ1) is 16.2. The van der Waals surface area contributed by atoms with Gasteiger partial charge in [-0.05, 0) is 53.1 Å². The highest BCUT2D eigenvalue weighted by Gasteiger charge is 2.33. The Morgan fingerprint density at radius 2 is 1.85 bits per heavy atom. The third kappa shape index (κ3) is 4.08. The standard InChI is InChI=1S/C27H24ClN3O2/c1-33-21-10-6-8-19(16-21)17-29-27(32)31-18-20-9-2-5-13-24(20)30-15-7-14-25(30)26(31)22-11-3-4-12-23(22)28/h2-16,26H,17-18H2,1H3,(H,29,32)/t26-/m0/s1. The first-order valence-electron chi connectivity index (χ1n) is 10.8. The fourth-order valence-electron chi connectivity index (χ4n) is 4.43. The normalized spacial score (nSPS) is 14.7. The second-order valence-corrected chi connectivity index (χ2v) is 8.40. The number of rotatable bonds is 4. The van der Waals surface area contributed by atoms with E-state index in [0.29, 0.717) is 18.1 Å². The molecule has 1 atom stereocenters. The fraction of sp³-hybridized carbons (Fsp3) is 0.148. The number of nitrogens with one attached hydrogen (secondary N) is 1. The number of hydrogen-bond acceptors (Lipinski definition) is 2. The summed E-state index contributed by atoms with van der Waals surface area (Å²) in [4.78, 5) is 15.5. The van der Waals surface area contributed by atoms with Gasteiger partial charge in [0.05, 0.1) is 25.0 Å². The minimum Gasteiger partial charge on any atom is -0.497 e. The predicted octanol–water partition coefficient (Wildman–Crippen LogP) is 5.95. The van der Waals surface area contributed by atoms with E-state index in [1.807, 2.05) is 77.8 Å². The SMILES string of the molecule is COc1cccc(CNC(=O)N2Cc3ccccc3-n3cccc3[C@@H]2c2ccccc2Cl)c1. The largest absolute Gasteiger partial charge is 0.497 e. The molecule has 2 heterocycles. The number of carbonyl (C=O) groups is 1. The lowest BCUT2D eigenvalue weighted by Gasteiger charge is -2.31. The van der Waals surface area contributed by atoms with Gasteiger partial charge in [0.2, 0.25) is 0 Å². The molecular weight excluding hydrogens is 434 g/mol. The number of fused-ring (bicyclic) bond motifs is 3. The number of urea groups is 1. The number of ether oxygens (including phenoxy) is 1. The number of halogens is 1. The quantitative estimate of drug-likeness (QED) is 0.411. The molecule has 0 bridgehead atoms. The van der Waals surface area contributed by atoms with Gasteiger partial charge < -0.3 is 19.5 Å². The molecule has 0 radical (unpaired) electrons. The van der Waals surface area contributed by atoms with Crippen LogP contribution in [0.15, 0.2) is 91.1 Å². The Kier molecular flexibility index (Phi) is 5.80. The molecule has 3 aromatic carbocycles. The molecule has 0 fully saturated rings. The summed E-state index contributed by atoms with van der Waals surface area (Å²) < 4.78 is 7.46. The van der Waals surface area contributed by atoms with E-state index in [-0.39, 0.29) is 12.1 Å². The van der Waals surface area contributed by atoms with Crippen LogP contribution < -0.4 is 10.1 Å². The third-order valence-corrected chi connectivity index (χ3v) is 6.35. The molecule has 4 aromatic rings. The van der Waals surface area contributed by atoms with Crippen molar-refractivity contribution in [2.24, 2.45) is 0 Å².